The van der Waals surface area contributed by atoms with Gasteiger partial charge >= 0.3 is 0 Å². The van der Waals surface area contributed by atoms with Crippen molar-refractivity contribution in [1.29, 1.82) is 0 Å². The van der Waals surface area contributed by atoms with Crippen molar-refractivity contribution >= 4 is 23.3 Å². The number of aliphatic imine (C=N–C) groups is 1. The maximum atomic E-state index is 14.0. The molecule has 0 spiro atoms. The highest BCUT2D eigenvalue weighted by atomic mass is 32.2. The molecule has 2 rings (SSSR count). The molecule has 23 heavy (non-hydrogen) atoms. The molecule has 0 aliphatic rings. The molecule has 0 atom stereocenters. The summed E-state index contributed by atoms with van der Waals surface area (Å²) in [5, 5.41) is 0. The van der Waals surface area contributed by atoms with Crippen LogP contribution in [0.3, 0.4) is 0 Å². The smallest absolute Gasteiger partial charge is 0.199 e. The van der Waals surface area contributed by atoms with E-state index in [1.54, 1.807) is 30.3 Å². The van der Waals surface area contributed by atoms with E-state index in [4.69, 9.17) is 5.73 Å². The molecule has 0 aliphatic carbocycles. The Morgan fingerprint density at radius 3 is 2.22 bits per heavy atom. The molecule has 0 unspecified atom stereocenters. The van der Waals surface area contributed by atoms with E-state index in [0.29, 0.717) is 17.7 Å². The van der Waals surface area contributed by atoms with Gasteiger partial charge in [-0.3, -0.25) is 0 Å². The van der Waals surface area contributed by atoms with Gasteiger partial charge < -0.3 is 5.73 Å². The largest absolute Gasteiger partial charge is 0.383 e. The van der Waals surface area contributed by atoms with Gasteiger partial charge in [-0.05, 0) is 12.2 Å². The van der Waals surface area contributed by atoms with E-state index < -0.39 is 29.0 Å². The van der Waals surface area contributed by atoms with E-state index in [1.807, 2.05) is 6.92 Å². The topological polar surface area (TPSA) is 38.4 Å². The molecule has 0 saturated carbocycles. The van der Waals surface area contributed by atoms with E-state index in [-0.39, 0.29) is 10.7 Å². The monoisotopic (exact) mass is 342 g/mol. The Bertz CT molecular complexity index is 733. The van der Waals surface area contributed by atoms with Crippen LogP contribution in [-0.2, 0) is 0 Å². The number of hydrogen-bond acceptors (Lipinski definition) is 2. The Hall–Kier alpha value is -2.02. The molecular weight excluding hydrogens is 328 g/mol. The summed E-state index contributed by atoms with van der Waals surface area (Å²) in [7, 11) is 0. The summed E-state index contributed by atoms with van der Waals surface area (Å²) in [4.78, 5) is 3.41. The Morgan fingerprint density at radius 1 is 1.00 bits per heavy atom. The average molecular weight is 342 g/mol. The molecule has 0 fully saturated rings. The second kappa shape index (κ2) is 7.50. The lowest BCUT2D eigenvalue weighted by Gasteiger charge is -2.10. The number of nitrogens with zero attached hydrogens (tertiary/aromatic N) is 1. The molecule has 0 heterocycles. The Kier molecular flexibility index (Phi) is 5.65. The molecule has 0 saturated heterocycles. The van der Waals surface area contributed by atoms with Crippen molar-refractivity contribution in [2.24, 2.45) is 10.7 Å². The van der Waals surface area contributed by atoms with Gasteiger partial charge in [-0.1, -0.05) is 37.3 Å². The van der Waals surface area contributed by atoms with E-state index >= 15 is 0 Å². The zero-order valence-corrected chi connectivity index (χ0v) is 13.1. The van der Waals surface area contributed by atoms with Crippen LogP contribution in [0.25, 0.3) is 0 Å². The molecule has 0 radical (unpaired) electrons. The molecule has 0 amide bonds. The first kappa shape index (κ1) is 17.3. The zero-order valence-electron chi connectivity index (χ0n) is 12.2. The normalized spacial score (nSPS) is 11.8. The molecule has 0 bridgehead atoms. The predicted octanol–water partition coefficient (Wildman–Crippen LogP) is 4.78. The van der Waals surface area contributed by atoms with Gasteiger partial charge in [0.05, 0.1) is 4.90 Å². The van der Waals surface area contributed by atoms with Crippen molar-refractivity contribution in [2.45, 2.75) is 18.2 Å². The summed E-state index contributed by atoms with van der Waals surface area (Å²) in [6.45, 7) is 1.82. The van der Waals surface area contributed by atoms with Crippen LogP contribution < -0.4 is 5.73 Å². The molecular formula is C16H14F4N2S. The van der Waals surface area contributed by atoms with Gasteiger partial charge in [-0.15, -0.1) is 11.8 Å². The number of thioether (sulfide) groups is 1. The summed E-state index contributed by atoms with van der Waals surface area (Å²) in [6, 6.07) is 8.36. The zero-order chi connectivity index (χ0) is 17.0. The standard InChI is InChI=1S/C16H14F4N2S/c1-2-8-23-15-13(20)11(18)10(17)12(19)14(15)22-16(21)9-6-4-3-5-7-9/h3-7H,2,8H2,1H3,(H2,21,22). The highest BCUT2D eigenvalue weighted by Gasteiger charge is 2.25. The fourth-order valence-electron chi connectivity index (χ4n) is 1.83. The summed E-state index contributed by atoms with van der Waals surface area (Å²) in [6.07, 6.45) is 0.641. The van der Waals surface area contributed by atoms with Crippen LogP contribution in [-0.4, -0.2) is 11.6 Å². The van der Waals surface area contributed by atoms with Gasteiger partial charge in [0.25, 0.3) is 0 Å². The summed E-state index contributed by atoms with van der Waals surface area (Å²) in [5.74, 6) is -6.48. The molecule has 2 aromatic rings. The van der Waals surface area contributed by atoms with Gasteiger partial charge in [0, 0.05) is 5.56 Å². The summed E-state index contributed by atoms with van der Waals surface area (Å²) in [5.41, 5.74) is 5.60. The van der Waals surface area contributed by atoms with Crippen LogP contribution in [0.1, 0.15) is 18.9 Å². The quantitative estimate of drug-likeness (QED) is 0.212. The highest BCUT2D eigenvalue weighted by molar-refractivity contribution is 7.99. The van der Waals surface area contributed by atoms with Crippen molar-refractivity contribution in [3.8, 4) is 0 Å². The lowest BCUT2D eigenvalue weighted by molar-refractivity contribution is 0.400. The second-order valence-corrected chi connectivity index (χ2v) is 5.75. The third kappa shape index (κ3) is 3.67. The SMILES string of the molecule is CCCSc1c(F)c(F)c(F)c(F)c1N=C(N)c1ccccc1. The first-order valence-corrected chi connectivity index (χ1v) is 7.84. The van der Waals surface area contributed by atoms with Gasteiger partial charge in [0.15, 0.2) is 23.3 Å². The van der Waals surface area contributed by atoms with Crippen molar-refractivity contribution in [3.63, 3.8) is 0 Å². The fraction of sp³-hybridized carbons (Fsp3) is 0.188. The molecule has 122 valence electrons. The predicted molar refractivity (Wildman–Crippen MR) is 84.1 cm³/mol. The van der Waals surface area contributed by atoms with E-state index in [1.165, 1.54) is 0 Å². The van der Waals surface area contributed by atoms with Gasteiger partial charge in [0.2, 0.25) is 0 Å². The molecule has 2 N–H and O–H groups in total. The average Bonchev–Trinajstić information content (AvgIpc) is 2.58. The van der Waals surface area contributed by atoms with Crippen LogP contribution in [0.5, 0.6) is 0 Å². The van der Waals surface area contributed by atoms with Crippen molar-refractivity contribution < 1.29 is 17.6 Å². The van der Waals surface area contributed by atoms with Crippen molar-refractivity contribution in [1.82, 2.24) is 0 Å². The Balaban J connectivity index is 2.60. The second-order valence-electron chi connectivity index (χ2n) is 4.65. The lowest BCUT2D eigenvalue weighted by atomic mass is 10.2. The summed E-state index contributed by atoms with van der Waals surface area (Å²) < 4.78 is 54.9. The van der Waals surface area contributed by atoms with Crippen LogP contribution in [0, 0.1) is 23.3 Å². The minimum Gasteiger partial charge on any atom is -0.383 e. The van der Waals surface area contributed by atoms with Crippen LogP contribution in [0.4, 0.5) is 23.2 Å². The van der Waals surface area contributed by atoms with Gasteiger partial charge in [-0.25, -0.2) is 22.6 Å². The molecule has 0 aromatic heterocycles. The van der Waals surface area contributed by atoms with Crippen molar-refractivity contribution in [3.05, 3.63) is 59.2 Å². The Labute approximate surface area is 135 Å². The first-order valence-electron chi connectivity index (χ1n) is 6.85. The minimum atomic E-state index is -1.90. The fourth-order valence-corrected chi connectivity index (χ4v) is 2.73. The first-order chi connectivity index (χ1) is 11.0. The Morgan fingerprint density at radius 2 is 1.61 bits per heavy atom. The number of benzene rings is 2. The van der Waals surface area contributed by atoms with E-state index in [9.17, 15) is 17.6 Å². The van der Waals surface area contributed by atoms with E-state index in [2.05, 4.69) is 4.99 Å². The third-order valence-corrected chi connectivity index (χ3v) is 4.23. The maximum Gasteiger partial charge on any atom is 0.199 e. The number of halogens is 4. The third-order valence-electron chi connectivity index (χ3n) is 2.95. The van der Waals surface area contributed by atoms with Crippen LogP contribution in [0.15, 0.2) is 40.2 Å². The number of amidine groups is 1. The molecule has 0 aliphatic heterocycles. The minimum absolute atomic E-state index is 0.117. The number of nitrogens with two attached hydrogens (primary N) is 1. The van der Waals surface area contributed by atoms with Gasteiger partial charge in [-0.2, -0.15) is 0 Å². The van der Waals surface area contributed by atoms with Crippen molar-refractivity contribution in [2.75, 3.05) is 5.75 Å². The van der Waals surface area contributed by atoms with Crippen LogP contribution in [0.2, 0.25) is 0 Å². The highest BCUT2D eigenvalue weighted by Crippen LogP contribution is 2.38. The maximum absolute atomic E-state index is 14.0. The molecule has 2 nitrogen and oxygen atoms in total. The van der Waals surface area contributed by atoms with E-state index in [0.717, 1.165) is 11.8 Å². The number of rotatable bonds is 5. The van der Waals surface area contributed by atoms with Gasteiger partial charge in [0.1, 0.15) is 11.5 Å². The number of hydrogen-bond donors (Lipinski definition) is 1. The molecule has 7 heteroatoms. The lowest BCUT2D eigenvalue weighted by Crippen LogP contribution is -2.13. The molecule has 2 aromatic carbocycles. The van der Waals surface area contributed by atoms with Crippen LogP contribution >= 0.6 is 11.8 Å². The summed E-state index contributed by atoms with van der Waals surface area (Å²) >= 11 is 0.864.